The minimum atomic E-state index is -0.162. The number of hydrogen-bond acceptors (Lipinski definition) is 4. The average molecular weight is 363 g/mol. The molecule has 8 heteroatoms. The van der Waals surface area contributed by atoms with Crippen LogP contribution in [0.15, 0.2) is 24.3 Å². The number of nitrogens with one attached hydrogen (secondary N) is 2. The average Bonchev–Trinajstić information content (AvgIpc) is 2.61. The fourth-order valence-corrected chi connectivity index (χ4v) is 2.88. The zero-order valence-corrected chi connectivity index (χ0v) is 15.6. The van der Waals surface area contributed by atoms with Crippen LogP contribution < -0.4 is 15.0 Å². The first-order valence-corrected chi connectivity index (χ1v) is 8.67. The number of nitrogens with zero attached hydrogens (tertiary/aromatic N) is 2. The number of anilines is 1. The Hall–Kier alpha value is -2.61. The second-order valence-corrected chi connectivity index (χ2v) is 6.48. The molecule has 1 aliphatic rings. The predicted molar refractivity (Wildman–Crippen MR) is 97.1 cm³/mol. The Kier molecular flexibility index (Phi) is 6.97. The minimum Gasteiger partial charge on any atom is -0.497 e. The summed E-state index contributed by atoms with van der Waals surface area (Å²) in [5.74, 6) is 0.544. The first-order chi connectivity index (χ1) is 12.4. The fraction of sp³-hybridized carbons (Fsp3) is 0.500. The van der Waals surface area contributed by atoms with E-state index < -0.39 is 0 Å². The lowest BCUT2D eigenvalue weighted by molar-refractivity contribution is -0.862. The van der Waals surface area contributed by atoms with Crippen LogP contribution in [0.4, 0.5) is 5.69 Å². The molecule has 0 aromatic heterocycles. The Morgan fingerprint density at radius 2 is 1.77 bits per heavy atom. The highest BCUT2D eigenvalue weighted by atomic mass is 16.5. The number of quaternary nitrogens is 1. The molecule has 26 heavy (non-hydrogen) atoms. The Bertz CT molecular complexity index is 656. The van der Waals surface area contributed by atoms with Gasteiger partial charge in [0.25, 0.3) is 11.8 Å². The third-order valence-corrected chi connectivity index (χ3v) is 4.35. The highest BCUT2D eigenvalue weighted by Gasteiger charge is 2.24. The SMILES string of the molecule is COc1cccc(NC(=O)C[NH+](C)CC(=O)N2CCN(C(C)=O)CC2)c1. The second-order valence-electron chi connectivity index (χ2n) is 6.48. The Morgan fingerprint density at radius 1 is 1.12 bits per heavy atom. The first-order valence-electron chi connectivity index (χ1n) is 8.67. The standard InChI is InChI=1S/C18H26N4O4/c1-14(23)21-7-9-22(10-8-21)18(25)13-20(2)12-17(24)19-15-5-4-6-16(11-15)26-3/h4-6,11H,7-10,12-13H2,1-3H3,(H,19,24)/p+1. The zero-order chi connectivity index (χ0) is 19.1. The Balaban J connectivity index is 1.76. The highest BCUT2D eigenvalue weighted by Crippen LogP contribution is 2.16. The van der Waals surface area contributed by atoms with Gasteiger partial charge in [-0.3, -0.25) is 14.4 Å². The molecule has 3 amide bonds. The van der Waals surface area contributed by atoms with Crippen LogP contribution >= 0.6 is 0 Å². The van der Waals surface area contributed by atoms with E-state index in [1.165, 1.54) is 6.92 Å². The van der Waals surface area contributed by atoms with Crippen molar-refractivity contribution in [2.24, 2.45) is 0 Å². The van der Waals surface area contributed by atoms with Crippen molar-refractivity contribution in [3.63, 3.8) is 0 Å². The van der Waals surface area contributed by atoms with E-state index in [0.717, 1.165) is 4.90 Å². The number of likely N-dealkylation sites (N-methyl/N-ethyl adjacent to an activating group) is 1. The molecule has 0 radical (unpaired) electrons. The fourth-order valence-electron chi connectivity index (χ4n) is 2.88. The van der Waals surface area contributed by atoms with Crippen molar-refractivity contribution < 1.29 is 24.0 Å². The van der Waals surface area contributed by atoms with Gasteiger partial charge in [0, 0.05) is 44.9 Å². The van der Waals surface area contributed by atoms with Gasteiger partial charge in [0.05, 0.1) is 14.2 Å². The smallest absolute Gasteiger partial charge is 0.279 e. The zero-order valence-electron chi connectivity index (χ0n) is 15.6. The van der Waals surface area contributed by atoms with Crippen molar-refractivity contribution in [3.05, 3.63) is 24.3 Å². The summed E-state index contributed by atoms with van der Waals surface area (Å²) in [5.41, 5.74) is 0.661. The largest absolute Gasteiger partial charge is 0.497 e. The van der Waals surface area contributed by atoms with Crippen LogP contribution in [0, 0.1) is 0 Å². The molecule has 0 saturated carbocycles. The normalized spacial score (nSPS) is 15.3. The van der Waals surface area contributed by atoms with Crippen LogP contribution in [0.5, 0.6) is 5.75 Å². The van der Waals surface area contributed by atoms with E-state index in [9.17, 15) is 14.4 Å². The molecule has 1 atom stereocenters. The minimum absolute atomic E-state index is 0.000109. The maximum atomic E-state index is 12.4. The van der Waals surface area contributed by atoms with Crippen LogP contribution in [-0.4, -0.2) is 80.9 Å². The van der Waals surface area contributed by atoms with Gasteiger partial charge in [-0.1, -0.05) is 6.07 Å². The van der Waals surface area contributed by atoms with E-state index in [2.05, 4.69) is 5.32 Å². The molecular weight excluding hydrogens is 336 g/mol. The maximum absolute atomic E-state index is 12.4. The van der Waals surface area contributed by atoms with Crippen molar-refractivity contribution in [2.45, 2.75) is 6.92 Å². The van der Waals surface area contributed by atoms with Crippen molar-refractivity contribution in [1.82, 2.24) is 9.80 Å². The molecule has 1 saturated heterocycles. The number of piperazine rings is 1. The van der Waals surface area contributed by atoms with Gasteiger partial charge in [0.2, 0.25) is 5.91 Å². The molecule has 2 N–H and O–H groups in total. The van der Waals surface area contributed by atoms with Gasteiger partial charge in [-0.15, -0.1) is 0 Å². The van der Waals surface area contributed by atoms with Crippen LogP contribution in [0.3, 0.4) is 0 Å². The van der Waals surface area contributed by atoms with Crippen molar-refractivity contribution in [1.29, 1.82) is 0 Å². The summed E-state index contributed by atoms with van der Waals surface area (Å²) < 4.78 is 5.13. The third-order valence-electron chi connectivity index (χ3n) is 4.35. The summed E-state index contributed by atoms with van der Waals surface area (Å²) in [6.07, 6.45) is 0. The summed E-state index contributed by atoms with van der Waals surface area (Å²) in [4.78, 5) is 40.1. The Morgan fingerprint density at radius 3 is 2.38 bits per heavy atom. The highest BCUT2D eigenvalue weighted by molar-refractivity contribution is 5.91. The van der Waals surface area contributed by atoms with E-state index in [0.29, 0.717) is 37.6 Å². The topological polar surface area (TPSA) is 83.4 Å². The van der Waals surface area contributed by atoms with E-state index in [-0.39, 0.29) is 30.8 Å². The monoisotopic (exact) mass is 363 g/mol. The number of benzene rings is 1. The maximum Gasteiger partial charge on any atom is 0.279 e. The number of rotatable bonds is 6. The molecule has 0 bridgehead atoms. The molecule has 2 rings (SSSR count). The molecule has 1 aromatic rings. The molecule has 0 spiro atoms. The quantitative estimate of drug-likeness (QED) is 0.668. The predicted octanol–water partition coefficient (Wildman–Crippen LogP) is -1.16. The first kappa shape index (κ1) is 19.7. The summed E-state index contributed by atoms with van der Waals surface area (Å²) >= 11 is 0. The number of carbonyl (C=O) groups excluding carboxylic acids is 3. The molecular formula is C18H27N4O4+. The number of amides is 3. The summed E-state index contributed by atoms with van der Waals surface area (Å²) in [6.45, 7) is 4.19. The van der Waals surface area contributed by atoms with E-state index >= 15 is 0 Å². The van der Waals surface area contributed by atoms with Gasteiger partial charge in [0.15, 0.2) is 13.1 Å². The van der Waals surface area contributed by atoms with Gasteiger partial charge in [0.1, 0.15) is 5.75 Å². The molecule has 1 unspecified atom stereocenters. The summed E-state index contributed by atoms with van der Waals surface area (Å²) in [6, 6.07) is 7.13. The van der Waals surface area contributed by atoms with Crippen molar-refractivity contribution in [3.8, 4) is 5.75 Å². The van der Waals surface area contributed by atoms with Crippen molar-refractivity contribution in [2.75, 3.05) is 58.7 Å². The lowest BCUT2D eigenvalue weighted by Gasteiger charge is -2.34. The second kappa shape index (κ2) is 9.19. The van der Waals surface area contributed by atoms with Crippen LogP contribution in [0.1, 0.15) is 6.92 Å². The third kappa shape index (κ3) is 5.73. The van der Waals surface area contributed by atoms with Crippen LogP contribution in [0.2, 0.25) is 0 Å². The lowest BCUT2D eigenvalue weighted by atomic mass is 10.3. The molecule has 142 valence electrons. The van der Waals surface area contributed by atoms with E-state index in [4.69, 9.17) is 4.74 Å². The summed E-state index contributed by atoms with van der Waals surface area (Å²) in [5, 5.41) is 2.81. The molecule has 8 nitrogen and oxygen atoms in total. The number of methoxy groups -OCH3 is 1. The van der Waals surface area contributed by atoms with Gasteiger partial charge < -0.3 is 24.8 Å². The van der Waals surface area contributed by atoms with Gasteiger partial charge in [-0.2, -0.15) is 0 Å². The van der Waals surface area contributed by atoms with Crippen LogP contribution in [0.25, 0.3) is 0 Å². The number of ether oxygens (including phenoxy) is 1. The van der Waals surface area contributed by atoms with Gasteiger partial charge in [-0.25, -0.2) is 0 Å². The molecule has 1 aromatic carbocycles. The van der Waals surface area contributed by atoms with Crippen LogP contribution in [-0.2, 0) is 14.4 Å². The van der Waals surface area contributed by atoms with Crippen molar-refractivity contribution >= 4 is 23.4 Å². The van der Waals surface area contributed by atoms with E-state index in [1.807, 2.05) is 7.05 Å². The lowest BCUT2D eigenvalue weighted by Crippen LogP contribution is -3.11. The number of carbonyl (C=O) groups is 3. The number of hydrogen-bond donors (Lipinski definition) is 2. The van der Waals surface area contributed by atoms with Gasteiger partial charge >= 0.3 is 0 Å². The Labute approximate surface area is 153 Å². The molecule has 1 fully saturated rings. The molecule has 1 aliphatic heterocycles. The summed E-state index contributed by atoms with van der Waals surface area (Å²) in [7, 11) is 3.38. The molecule has 0 aliphatic carbocycles. The van der Waals surface area contributed by atoms with E-state index in [1.54, 1.807) is 41.2 Å². The van der Waals surface area contributed by atoms with Gasteiger partial charge in [-0.05, 0) is 12.1 Å². The molecule has 1 heterocycles.